The van der Waals surface area contributed by atoms with Gasteiger partial charge < -0.3 is 9.64 Å². The van der Waals surface area contributed by atoms with Crippen molar-refractivity contribution in [2.24, 2.45) is 0 Å². The van der Waals surface area contributed by atoms with E-state index in [0.29, 0.717) is 5.92 Å². The lowest BCUT2D eigenvalue weighted by Crippen LogP contribution is -2.18. The van der Waals surface area contributed by atoms with Crippen LogP contribution in [-0.4, -0.2) is 25.2 Å². The van der Waals surface area contributed by atoms with Gasteiger partial charge in [0, 0.05) is 30.0 Å². The number of thiazole rings is 1. The Balaban J connectivity index is 1.49. The molecule has 4 heteroatoms. The van der Waals surface area contributed by atoms with E-state index in [1.807, 2.05) is 12.1 Å². The molecule has 1 atom stereocenters. The largest absolute Gasteiger partial charge is 0.497 e. The molecule has 0 N–H and O–H groups in total. The summed E-state index contributed by atoms with van der Waals surface area (Å²) in [6, 6.07) is 18.9. The number of methoxy groups -OCH3 is 1. The summed E-state index contributed by atoms with van der Waals surface area (Å²) in [5.41, 5.74) is 3.62. The molecule has 3 nitrogen and oxygen atoms in total. The van der Waals surface area contributed by atoms with Gasteiger partial charge in [-0.25, -0.2) is 4.98 Å². The molecule has 2 aromatic carbocycles. The van der Waals surface area contributed by atoms with Crippen LogP contribution >= 0.6 is 11.3 Å². The highest BCUT2D eigenvalue weighted by Gasteiger charge is 2.25. The molecule has 1 aromatic heterocycles. The second-order valence-electron chi connectivity index (χ2n) is 6.09. The molecule has 1 saturated heterocycles. The molecule has 4 rings (SSSR count). The fraction of sp³-hybridized carbons (Fsp3) is 0.250. The molecule has 1 fully saturated rings. The Bertz CT molecular complexity index is 798. The van der Waals surface area contributed by atoms with Crippen molar-refractivity contribution in [2.45, 2.75) is 12.3 Å². The highest BCUT2D eigenvalue weighted by molar-refractivity contribution is 7.14. The Morgan fingerprint density at radius 3 is 2.62 bits per heavy atom. The second kappa shape index (κ2) is 6.65. The van der Waals surface area contributed by atoms with E-state index < -0.39 is 0 Å². The molecule has 3 aromatic rings. The molecule has 0 radical (unpaired) electrons. The average molecular weight is 336 g/mol. The quantitative estimate of drug-likeness (QED) is 0.683. The molecule has 0 amide bonds. The fourth-order valence-electron chi connectivity index (χ4n) is 3.24. The van der Waals surface area contributed by atoms with Gasteiger partial charge in [-0.3, -0.25) is 0 Å². The van der Waals surface area contributed by atoms with Gasteiger partial charge >= 0.3 is 0 Å². The highest BCUT2D eigenvalue weighted by atomic mass is 32.1. The van der Waals surface area contributed by atoms with Gasteiger partial charge in [-0.15, -0.1) is 11.3 Å². The summed E-state index contributed by atoms with van der Waals surface area (Å²) in [5, 5.41) is 3.27. The zero-order chi connectivity index (χ0) is 16.4. The van der Waals surface area contributed by atoms with Crippen LogP contribution in [0.4, 0.5) is 5.13 Å². The summed E-state index contributed by atoms with van der Waals surface area (Å²) in [6.45, 7) is 2.13. The summed E-state index contributed by atoms with van der Waals surface area (Å²) in [7, 11) is 1.69. The van der Waals surface area contributed by atoms with Crippen LogP contribution in [0.1, 0.15) is 17.9 Å². The van der Waals surface area contributed by atoms with E-state index in [-0.39, 0.29) is 0 Å². The van der Waals surface area contributed by atoms with Crippen LogP contribution in [0.2, 0.25) is 0 Å². The van der Waals surface area contributed by atoms with E-state index in [0.717, 1.165) is 35.2 Å². The molecule has 1 aliphatic rings. The third-order valence-corrected chi connectivity index (χ3v) is 5.51. The Labute approximate surface area is 146 Å². The Kier molecular flexibility index (Phi) is 4.22. The van der Waals surface area contributed by atoms with Crippen LogP contribution in [0.25, 0.3) is 11.3 Å². The van der Waals surface area contributed by atoms with Crippen molar-refractivity contribution in [3.8, 4) is 17.0 Å². The lowest BCUT2D eigenvalue weighted by molar-refractivity contribution is 0.415. The summed E-state index contributed by atoms with van der Waals surface area (Å²) in [4.78, 5) is 7.26. The monoisotopic (exact) mass is 336 g/mol. The van der Waals surface area contributed by atoms with Gasteiger partial charge in [0.25, 0.3) is 0 Å². The second-order valence-corrected chi connectivity index (χ2v) is 6.92. The van der Waals surface area contributed by atoms with E-state index in [1.54, 1.807) is 18.4 Å². The van der Waals surface area contributed by atoms with Crippen molar-refractivity contribution in [1.29, 1.82) is 0 Å². The number of ether oxygens (including phenoxy) is 1. The van der Waals surface area contributed by atoms with Crippen molar-refractivity contribution in [3.05, 3.63) is 65.5 Å². The van der Waals surface area contributed by atoms with Crippen molar-refractivity contribution >= 4 is 16.5 Å². The first kappa shape index (κ1) is 15.2. The van der Waals surface area contributed by atoms with E-state index >= 15 is 0 Å². The minimum atomic E-state index is 0.611. The van der Waals surface area contributed by atoms with E-state index in [1.165, 1.54) is 12.0 Å². The number of aromatic nitrogens is 1. The molecule has 122 valence electrons. The molecule has 0 spiro atoms. The van der Waals surface area contributed by atoms with Crippen LogP contribution in [0.5, 0.6) is 5.75 Å². The third kappa shape index (κ3) is 3.02. The fourth-order valence-corrected chi connectivity index (χ4v) is 4.11. The smallest absolute Gasteiger partial charge is 0.185 e. The van der Waals surface area contributed by atoms with E-state index in [2.05, 4.69) is 52.7 Å². The Morgan fingerprint density at radius 1 is 1.08 bits per heavy atom. The Hall–Kier alpha value is -2.33. The van der Waals surface area contributed by atoms with Crippen molar-refractivity contribution in [1.82, 2.24) is 4.98 Å². The lowest BCUT2D eigenvalue weighted by atomic mass is 9.99. The first-order valence-corrected chi connectivity index (χ1v) is 9.11. The van der Waals surface area contributed by atoms with Crippen molar-refractivity contribution in [2.75, 3.05) is 25.1 Å². The van der Waals surface area contributed by atoms with Gasteiger partial charge in [-0.2, -0.15) is 0 Å². The van der Waals surface area contributed by atoms with Gasteiger partial charge in [0.1, 0.15) is 5.75 Å². The van der Waals surface area contributed by atoms with Crippen LogP contribution in [0.15, 0.2) is 60.0 Å². The third-order valence-electron chi connectivity index (χ3n) is 4.61. The van der Waals surface area contributed by atoms with Gasteiger partial charge in [-0.1, -0.05) is 30.3 Å². The number of rotatable bonds is 4. The average Bonchev–Trinajstić information content (AvgIpc) is 3.32. The molecular formula is C20H20N2OS. The minimum absolute atomic E-state index is 0.611. The predicted octanol–water partition coefficient (Wildman–Crippen LogP) is 4.81. The predicted molar refractivity (Wildman–Crippen MR) is 100 cm³/mol. The molecule has 0 aliphatic carbocycles. The van der Waals surface area contributed by atoms with Gasteiger partial charge in [0.05, 0.1) is 12.8 Å². The van der Waals surface area contributed by atoms with Gasteiger partial charge in [-0.05, 0) is 36.2 Å². The standard InChI is InChI=1S/C20H20N2OS/c1-23-18-9-7-16(8-10-18)19-14-24-20(21-19)22-12-11-17(13-22)15-5-3-2-4-6-15/h2-10,14,17H,11-13H2,1H3/t17-/m1/s1. The first-order valence-electron chi connectivity index (χ1n) is 8.23. The number of hydrogen-bond donors (Lipinski definition) is 0. The number of anilines is 1. The zero-order valence-corrected chi connectivity index (χ0v) is 14.5. The molecule has 2 heterocycles. The summed E-state index contributed by atoms with van der Waals surface area (Å²) >= 11 is 1.73. The number of benzene rings is 2. The lowest BCUT2D eigenvalue weighted by Gasteiger charge is -2.15. The molecule has 0 unspecified atom stereocenters. The Morgan fingerprint density at radius 2 is 1.88 bits per heavy atom. The zero-order valence-electron chi connectivity index (χ0n) is 13.7. The SMILES string of the molecule is COc1ccc(-c2csc(N3CC[C@@H](c4ccccc4)C3)n2)cc1. The van der Waals surface area contributed by atoms with Crippen LogP contribution in [0.3, 0.4) is 0 Å². The number of hydrogen-bond acceptors (Lipinski definition) is 4. The van der Waals surface area contributed by atoms with Gasteiger partial charge in [0.15, 0.2) is 5.13 Å². The molecular weight excluding hydrogens is 316 g/mol. The normalized spacial score (nSPS) is 17.2. The summed E-state index contributed by atoms with van der Waals surface area (Å²) in [6.07, 6.45) is 1.20. The number of nitrogens with zero attached hydrogens (tertiary/aromatic N) is 2. The van der Waals surface area contributed by atoms with Crippen LogP contribution < -0.4 is 9.64 Å². The van der Waals surface area contributed by atoms with Crippen LogP contribution in [0, 0.1) is 0 Å². The summed E-state index contributed by atoms with van der Waals surface area (Å²) in [5.74, 6) is 1.49. The van der Waals surface area contributed by atoms with Gasteiger partial charge in [0.2, 0.25) is 0 Å². The molecule has 0 bridgehead atoms. The summed E-state index contributed by atoms with van der Waals surface area (Å²) < 4.78 is 5.22. The minimum Gasteiger partial charge on any atom is -0.497 e. The maximum absolute atomic E-state index is 5.22. The highest BCUT2D eigenvalue weighted by Crippen LogP contribution is 2.34. The molecule has 1 aliphatic heterocycles. The van der Waals surface area contributed by atoms with Crippen LogP contribution in [-0.2, 0) is 0 Å². The first-order chi connectivity index (χ1) is 11.8. The van der Waals surface area contributed by atoms with Crippen molar-refractivity contribution < 1.29 is 4.74 Å². The maximum atomic E-state index is 5.22. The maximum Gasteiger partial charge on any atom is 0.185 e. The van der Waals surface area contributed by atoms with E-state index in [4.69, 9.17) is 9.72 Å². The molecule has 0 saturated carbocycles. The van der Waals surface area contributed by atoms with E-state index in [9.17, 15) is 0 Å². The molecule has 24 heavy (non-hydrogen) atoms. The van der Waals surface area contributed by atoms with Crippen molar-refractivity contribution in [3.63, 3.8) is 0 Å². The topological polar surface area (TPSA) is 25.4 Å².